The number of carbonyl (C=O) groups is 2. The summed E-state index contributed by atoms with van der Waals surface area (Å²) in [6.45, 7) is 10.0. The minimum Gasteiger partial charge on any atom is -0.350 e. The van der Waals surface area contributed by atoms with Crippen LogP contribution >= 0.6 is 0 Å². The lowest BCUT2D eigenvalue weighted by molar-refractivity contribution is -0.130. The van der Waals surface area contributed by atoms with Crippen molar-refractivity contribution in [2.24, 2.45) is 11.3 Å². The summed E-state index contributed by atoms with van der Waals surface area (Å²) in [5.74, 6) is 0.360. The number of nitrogens with zero attached hydrogens (tertiary/aromatic N) is 3. The van der Waals surface area contributed by atoms with Gasteiger partial charge in [0.2, 0.25) is 5.91 Å². The molecule has 0 aromatic carbocycles. The first-order chi connectivity index (χ1) is 11.2. The molecule has 0 bridgehead atoms. The van der Waals surface area contributed by atoms with E-state index in [1.165, 1.54) is 0 Å². The Morgan fingerprint density at radius 2 is 2.04 bits per heavy atom. The number of piperidine rings is 1. The zero-order valence-electron chi connectivity index (χ0n) is 15.1. The van der Waals surface area contributed by atoms with Crippen LogP contribution in [0.4, 0.5) is 0 Å². The number of amides is 2. The van der Waals surface area contributed by atoms with Crippen molar-refractivity contribution in [2.75, 3.05) is 19.6 Å². The summed E-state index contributed by atoms with van der Waals surface area (Å²) in [7, 11) is 0. The molecule has 132 valence electrons. The van der Waals surface area contributed by atoms with E-state index in [1.807, 2.05) is 4.90 Å². The molecule has 1 aliphatic heterocycles. The summed E-state index contributed by atoms with van der Waals surface area (Å²) in [6, 6.07) is 0. The van der Waals surface area contributed by atoms with Gasteiger partial charge in [-0.05, 0) is 30.6 Å². The van der Waals surface area contributed by atoms with E-state index in [9.17, 15) is 9.59 Å². The van der Waals surface area contributed by atoms with Crippen molar-refractivity contribution in [3.63, 3.8) is 0 Å². The van der Waals surface area contributed by atoms with E-state index < -0.39 is 0 Å². The molecule has 2 rings (SSSR count). The van der Waals surface area contributed by atoms with E-state index in [0.717, 1.165) is 38.0 Å². The maximum Gasteiger partial charge on any atom is 0.271 e. The Balaban J connectivity index is 1.90. The first-order valence-electron chi connectivity index (χ1n) is 8.59. The van der Waals surface area contributed by atoms with E-state index in [4.69, 9.17) is 0 Å². The van der Waals surface area contributed by atoms with Gasteiger partial charge in [0.25, 0.3) is 5.91 Å². The highest BCUT2D eigenvalue weighted by Gasteiger charge is 2.22. The Morgan fingerprint density at radius 1 is 1.29 bits per heavy atom. The predicted molar refractivity (Wildman–Crippen MR) is 92.5 cm³/mol. The third kappa shape index (κ3) is 5.58. The van der Waals surface area contributed by atoms with E-state index in [1.54, 1.807) is 19.3 Å². The Hall–Kier alpha value is -1.98. The monoisotopic (exact) mass is 332 g/mol. The molecular formula is C18H28N4O2. The molecule has 2 heterocycles. The summed E-state index contributed by atoms with van der Waals surface area (Å²) in [5, 5.41) is 2.87. The fourth-order valence-electron chi connectivity index (χ4n) is 2.83. The van der Waals surface area contributed by atoms with Gasteiger partial charge in [0.1, 0.15) is 5.69 Å². The van der Waals surface area contributed by atoms with Crippen LogP contribution in [0.1, 0.15) is 56.7 Å². The Kier molecular flexibility index (Phi) is 5.91. The number of rotatable bonds is 4. The molecule has 1 N–H and O–H groups in total. The van der Waals surface area contributed by atoms with Crippen LogP contribution in [-0.2, 0) is 11.2 Å². The Morgan fingerprint density at radius 3 is 2.62 bits per heavy atom. The van der Waals surface area contributed by atoms with Gasteiger partial charge < -0.3 is 10.2 Å². The quantitative estimate of drug-likeness (QED) is 0.916. The molecule has 1 aromatic heterocycles. The average Bonchev–Trinajstić information content (AvgIpc) is 2.53. The van der Waals surface area contributed by atoms with Gasteiger partial charge in [-0.25, -0.2) is 4.98 Å². The van der Waals surface area contributed by atoms with E-state index in [-0.39, 0.29) is 17.2 Å². The molecule has 1 aliphatic rings. The lowest BCUT2D eigenvalue weighted by atomic mass is 9.93. The Labute approximate surface area is 144 Å². The number of hydrogen-bond donors (Lipinski definition) is 1. The SMILES string of the molecule is CC(=O)N1CCC[C@@H](Cc2cnc(C(=O)NCC(C)(C)C)cn2)C1. The fraction of sp³-hybridized carbons (Fsp3) is 0.667. The minimum absolute atomic E-state index is 0.0343. The van der Waals surface area contributed by atoms with Crippen LogP contribution in [0.5, 0.6) is 0 Å². The second-order valence-electron chi connectivity index (χ2n) is 7.81. The first-order valence-corrected chi connectivity index (χ1v) is 8.59. The minimum atomic E-state index is -0.190. The molecule has 0 aliphatic carbocycles. The molecule has 1 fully saturated rings. The van der Waals surface area contributed by atoms with Crippen molar-refractivity contribution in [2.45, 2.75) is 47.0 Å². The molecule has 2 amide bonds. The van der Waals surface area contributed by atoms with Crippen molar-refractivity contribution < 1.29 is 9.59 Å². The van der Waals surface area contributed by atoms with Gasteiger partial charge >= 0.3 is 0 Å². The number of carbonyl (C=O) groups excluding carboxylic acids is 2. The molecule has 24 heavy (non-hydrogen) atoms. The van der Waals surface area contributed by atoms with Gasteiger partial charge in [-0.1, -0.05) is 20.8 Å². The molecule has 6 nitrogen and oxygen atoms in total. The predicted octanol–water partition coefficient (Wildman–Crippen LogP) is 2.05. The van der Waals surface area contributed by atoms with Crippen LogP contribution in [0.3, 0.4) is 0 Å². The molecule has 1 atom stereocenters. The van der Waals surface area contributed by atoms with Crippen molar-refractivity contribution in [3.05, 3.63) is 23.8 Å². The number of likely N-dealkylation sites (tertiary alicyclic amines) is 1. The highest BCUT2D eigenvalue weighted by atomic mass is 16.2. The highest BCUT2D eigenvalue weighted by molar-refractivity contribution is 5.91. The van der Waals surface area contributed by atoms with E-state index in [0.29, 0.717) is 18.2 Å². The van der Waals surface area contributed by atoms with Crippen LogP contribution < -0.4 is 5.32 Å². The van der Waals surface area contributed by atoms with Crippen LogP contribution in [-0.4, -0.2) is 46.3 Å². The van der Waals surface area contributed by atoms with Crippen LogP contribution in [0.15, 0.2) is 12.4 Å². The second kappa shape index (κ2) is 7.73. The van der Waals surface area contributed by atoms with Crippen LogP contribution in [0.2, 0.25) is 0 Å². The molecule has 6 heteroatoms. The van der Waals surface area contributed by atoms with Gasteiger partial charge in [0, 0.05) is 32.8 Å². The topological polar surface area (TPSA) is 75.2 Å². The van der Waals surface area contributed by atoms with E-state index >= 15 is 0 Å². The van der Waals surface area contributed by atoms with Crippen molar-refractivity contribution in [3.8, 4) is 0 Å². The zero-order valence-corrected chi connectivity index (χ0v) is 15.1. The van der Waals surface area contributed by atoms with E-state index in [2.05, 4.69) is 36.1 Å². The zero-order chi connectivity index (χ0) is 17.7. The molecule has 1 saturated heterocycles. The lowest BCUT2D eigenvalue weighted by Crippen LogP contribution is -2.39. The first kappa shape index (κ1) is 18.4. The Bertz CT molecular complexity index is 578. The maximum absolute atomic E-state index is 12.1. The standard InChI is InChI=1S/C18H28N4O2/c1-13(23)22-7-5-6-14(11-22)8-15-9-20-16(10-19-15)17(24)21-12-18(2,3)4/h9-10,14H,5-8,11-12H2,1-4H3,(H,21,24)/t14-/m0/s1. The third-order valence-electron chi connectivity index (χ3n) is 4.18. The van der Waals surface area contributed by atoms with Crippen molar-refractivity contribution in [1.29, 1.82) is 0 Å². The van der Waals surface area contributed by atoms with Crippen LogP contribution in [0, 0.1) is 11.3 Å². The molecule has 0 radical (unpaired) electrons. The summed E-state index contributed by atoms with van der Waals surface area (Å²) in [4.78, 5) is 34.1. The number of hydrogen-bond acceptors (Lipinski definition) is 4. The van der Waals surface area contributed by atoms with Crippen LogP contribution in [0.25, 0.3) is 0 Å². The van der Waals surface area contributed by atoms with Gasteiger partial charge in [-0.15, -0.1) is 0 Å². The molecule has 0 spiro atoms. The summed E-state index contributed by atoms with van der Waals surface area (Å²) in [5.41, 5.74) is 1.25. The number of aromatic nitrogens is 2. The van der Waals surface area contributed by atoms with Gasteiger partial charge in [-0.3, -0.25) is 14.6 Å². The number of nitrogens with one attached hydrogen (secondary N) is 1. The van der Waals surface area contributed by atoms with Crippen molar-refractivity contribution >= 4 is 11.8 Å². The van der Waals surface area contributed by atoms with Gasteiger partial charge in [0.05, 0.1) is 11.9 Å². The largest absolute Gasteiger partial charge is 0.350 e. The maximum atomic E-state index is 12.1. The van der Waals surface area contributed by atoms with Crippen molar-refractivity contribution in [1.82, 2.24) is 20.2 Å². The molecule has 1 aromatic rings. The normalized spacial score (nSPS) is 18.3. The van der Waals surface area contributed by atoms with Gasteiger partial charge in [-0.2, -0.15) is 0 Å². The molecule has 0 saturated carbocycles. The summed E-state index contributed by atoms with van der Waals surface area (Å²) < 4.78 is 0. The smallest absolute Gasteiger partial charge is 0.271 e. The summed E-state index contributed by atoms with van der Waals surface area (Å²) >= 11 is 0. The van der Waals surface area contributed by atoms with Gasteiger partial charge in [0.15, 0.2) is 0 Å². The fourth-order valence-corrected chi connectivity index (χ4v) is 2.83. The summed E-state index contributed by atoms with van der Waals surface area (Å²) in [6.07, 6.45) is 6.14. The average molecular weight is 332 g/mol. The molecule has 0 unspecified atom stereocenters. The second-order valence-corrected chi connectivity index (χ2v) is 7.81. The molecular weight excluding hydrogens is 304 g/mol. The lowest BCUT2D eigenvalue weighted by Gasteiger charge is -2.31. The third-order valence-corrected chi connectivity index (χ3v) is 4.18. The highest BCUT2D eigenvalue weighted by Crippen LogP contribution is 2.20.